The molecule has 2 rings (SSSR count). The Bertz CT molecular complexity index is 323. The number of nitrogens with zero attached hydrogens (tertiary/aromatic N) is 2. The van der Waals surface area contributed by atoms with Crippen LogP contribution in [0.3, 0.4) is 0 Å². The molecule has 15 heavy (non-hydrogen) atoms. The molecule has 1 aromatic heterocycles. The highest BCUT2D eigenvalue weighted by molar-refractivity contribution is 7.09. The van der Waals surface area contributed by atoms with Crippen molar-refractivity contribution in [1.82, 2.24) is 9.36 Å². The normalized spacial score (nSPS) is 25.7. The van der Waals surface area contributed by atoms with Crippen LogP contribution in [0.1, 0.15) is 12.2 Å². The Morgan fingerprint density at radius 3 is 3.07 bits per heavy atom. The van der Waals surface area contributed by atoms with Gasteiger partial charge in [-0.1, -0.05) is 0 Å². The van der Waals surface area contributed by atoms with E-state index in [0.29, 0.717) is 6.61 Å². The molecule has 6 heteroatoms. The van der Waals surface area contributed by atoms with Crippen LogP contribution in [0.5, 0.6) is 0 Å². The van der Waals surface area contributed by atoms with Gasteiger partial charge in [0.15, 0.2) is 0 Å². The van der Waals surface area contributed by atoms with Crippen molar-refractivity contribution >= 4 is 16.7 Å². The van der Waals surface area contributed by atoms with Crippen molar-refractivity contribution in [2.24, 2.45) is 0 Å². The number of ether oxygens (including phenoxy) is 2. The maximum absolute atomic E-state index is 5.50. The minimum atomic E-state index is -0.195. The van der Waals surface area contributed by atoms with Crippen LogP contribution in [0.4, 0.5) is 5.13 Å². The van der Waals surface area contributed by atoms with Gasteiger partial charge < -0.3 is 14.8 Å². The fourth-order valence-corrected chi connectivity index (χ4v) is 2.14. The molecule has 0 amide bonds. The summed E-state index contributed by atoms with van der Waals surface area (Å²) in [7, 11) is 1.72. The summed E-state index contributed by atoms with van der Waals surface area (Å²) in [5, 5.41) is 4.08. The fourth-order valence-electron chi connectivity index (χ4n) is 1.57. The lowest BCUT2D eigenvalue weighted by Gasteiger charge is -2.25. The Hall–Kier alpha value is -0.720. The zero-order valence-corrected chi connectivity index (χ0v) is 9.76. The highest BCUT2D eigenvalue weighted by Gasteiger charge is 2.34. The van der Waals surface area contributed by atoms with Crippen LogP contribution in [0.15, 0.2) is 0 Å². The zero-order chi connectivity index (χ0) is 10.7. The first-order chi connectivity index (χ1) is 7.24. The molecule has 1 atom stereocenters. The lowest BCUT2D eigenvalue weighted by Crippen LogP contribution is -2.39. The summed E-state index contributed by atoms with van der Waals surface area (Å²) in [5.74, 6) is 0.802. The quantitative estimate of drug-likeness (QED) is 0.836. The Morgan fingerprint density at radius 1 is 1.67 bits per heavy atom. The van der Waals surface area contributed by atoms with Gasteiger partial charge in [0.1, 0.15) is 11.4 Å². The first-order valence-corrected chi connectivity index (χ1v) is 5.68. The number of hydrogen-bond acceptors (Lipinski definition) is 6. The Morgan fingerprint density at radius 2 is 2.53 bits per heavy atom. The van der Waals surface area contributed by atoms with Gasteiger partial charge in [-0.15, -0.1) is 0 Å². The molecule has 1 aromatic rings. The summed E-state index contributed by atoms with van der Waals surface area (Å²) in [6, 6.07) is 0. The van der Waals surface area contributed by atoms with Gasteiger partial charge in [-0.2, -0.15) is 4.37 Å². The van der Waals surface area contributed by atoms with Crippen molar-refractivity contribution in [2.75, 3.05) is 32.2 Å². The van der Waals surface area contributed by atoms with Crippen LogP contribution in [0.2, 0.25) is 0 Å². The molecule has 0 saturated carbocycles. The summed E-state index contributed by atoms with van der Waals surface area (Å²) in [4.78, 5) is 4.24. The number of rotatable bonds is 4. The number of anilines is 1. The van der Waals surface area contributed by atoms with Gasteiger partial charge in [-0.3, -0.25) is 0 Å². The summed E-state index contributed by atoms with van der Waals surface area (Å²) in [6.45, 7) is 4.02. The lowest BCUT2D eigenvalue weighted by molar-refractivity contribution is -0.00620. The fraction of sp³-hybridized carbons (Fsp3) is 0.778. The molecule has 0 radical (unpaired) electrons. The summed E-state index contributed by atoms with van der Waals surface area (Å²) in [5.41, 5.74) is -0.195. The molecule has 1 unspecified atom stereocenters. The third kappa shape index (κ3) is 2.45. The van der Waals surface area contributed by atoms with Gasteiger partial charge in [0, 0.05) is 38.2 Å². The van der Waals surface area contributed by atoms with Crippen LogP contribution >= 0.6 is 11.5 Å². The van der Waals surface area contributed by atoms with Crippen molar-refractivity contribution in [1.29, 1.82) is 0 Å². The van der Waals surface area contributed by atoms with Crippen molar-refractivity contribution in [2.45, 2.75) is 18.9 Å². The van der Waals surface area contributed by atoms with Crippen molar-refractivity contribution in [3.05, 3.63) is 5.82 Å². The van der Waals surface area contributed by atoms with E-state index in [9.17, 15) is 0 Å². The summed E-state index contributed by atoms with van der Waals surface area (Å²) in [6.07, 6.45) is 0.925. The SMILES string of the molecule is COC1(CNc2nc(C)ns2)CCOC1. The second kappa shape index (κ2) is 4.42. The molecular formula is C9H15N3O2S. The maximum Gasteiger partial charge on any atom is 0.202 e. The van der Waals surface area contributed by atoms with Crippen molar-refractivity contribution in [3.8, 4) is 0 Å². The van der Waals surface area contributed by atoms with Crippen LogP contribution in [0, 0.1) is 6.92 Å². The standard InChI is InChI=1S/C9H15N3O2S/c1-7-11-8(15-12-7)10-5-9(13-2)3-4-14-6-9/h3-6H2,1-2H3,(H,10,11,12). The topological polar surface area (TPSA) is 56.3 Å². The van der Waals surface area contributed by atoms with Gasteiger partial charge in [0.2, 0.25) is 5.13 Å². The predicted octanol–water partition coefficient (Wildman–Crippen LogP) is 1.06. The molecular weight excluding hydrogens is 214 g/mol. The van der Waals surface area contributed by atoms with E-state index in [4.69, 9.17) is 9.47 Å². The maximum atomic E-state index is 5.50. The van der Waals surface area contributed by atoms with E-state index in [0.717, 1.165) is 30.5 Å². The third-order valence-corrected chi connectivity index (χ3v) is 3.35. The molecule has 0 aliphatic carbocycles. The molecule has 1 saturated heterocycles. The highest BCUT2D eigenvalue weighted by Crippen LogP contribution is 2.23. The van der Waals surface area contributed by atoms with Crippen LogP contribution in [-0.4, -0.2) is 41.8 Å². The minimum Gasteiger partial charge on any atom is -0.378 e. The van der Waals surface area contributed by atoms with Gasteiger partial charge in [0.05, 0.1) is 6.61 Å². The molecule has 1 aliphatic heterocycles. The van der Waals surface area contributed by atoms with E-state index in [2.05, 4.69) is 14.7 Å². The predicted molar refractivity (Wildman–Crippen MR) is 58.3 cm³/mol. The molecule has 5 nitrogen and oxygen atoms in total. The smallest absolute Gasteiger partial charge is 0.202 e. The van der Waals surface area contributed by atoms with E-state index >= 15 is 0 Å². The summed E-state index contributed by atoms with van der Waals surface area (Å²) < 4.78 is 14.9. The van der Waals surface area contributed by atoms with E-state index in [1.54, 1.807) is 7.11 Å². The minimum absolute atomic E-state index is 0.195. The molecule has 0 spiro atoms. The molecule has 84 valence electrons. The van der Waals surface area contributed by atoms with E-state index in [1.807, 2.05) is 6.92 Å². The molecule has 0 bridgehead atoms. The highest BCUT2D eigenvalue weighted by atomic mass is 32.1. The zero-order valence-electron chi connectivity index (χ0n) is 8.95. The molecule has 1 aliphatic rings. The summed E-state index contributed by atoms with van der Waals surface area (Å²) >= 11 is 1.37. The van der Waals surface area contributed by atoms with Crippen molar-refractivity contribution < 1.29 is 9.47 Å². The number of methoxy groups -OCH3 is 1. The Kier molecular flexibility index (Phi) is 3.18. The average Bonchev–Trinajstić information content (AvgIpc) is 2.85. The Balaban J connectivity index is 1.91. The lowest BCUT2D eigenvalue weighted by atomic mass is 10.0. The Labute approximate surface area is 93.0 Å². The molecule has 0 aromatic carbocycles. The van der Waals surface area contributed by atoms with Gasteiger partial charge in [0.25, 0.3) is 0 Å². The molecule has 1 N–H and O–H groups in total. The largest absolute Gasteiger partial charge is 0.378 e. The van der Waals surface area contributed by atoms with Gasteiger partial charge >= 0.3 is 0 Å². The second-order valence-corrected chi connectivity index (χ2v) is 4.44. The first-order valence-electron chi connectivity index (χ1n) is 4.91. The molecule has 2 heterocycles. The molecule has 1 fully saturated rings. The number of aromatic nitrogens is 2. The average molecular weight is 229 g/mol. The third-order valence-electron chi connectivity index (χ3n) is 2.59. The van der Waals surface area contributed by atoms with Crippen LogP contribution in [-0.2, 0) is 9.47 Å². The van der Waals surface area contributed by atoms with E-state index in [-0.39, 0.29) is 5.60 Å². The second-order valence-electron chi connectivity index (χ2n) is 3.69. The van der Waals surface area contributed by atoms with Crippen molar-refractivity contribution in [3.63, 3.8) is 0 Å². The van der Waals surface area contributed by atoms with Crippen LogP contribution in [0.25, 0.3) is 0 Å². The number of aryl methyl sites for hydroxylation is 1. The van der Waals surface area contributed by atoms with E-state index < -0.39 is 0 Å². The van der Waals surface area contributed by atoms with Crippen LogP contribution < -0.4 is 5.32 Å². The first kappa shape index (κ1) is 10.8. The number of hydrogen-bond donors (Lipinski definition) is 1. The van der Waals surface area contributed by atoms with Gasteiger partial charge in [-0.05, 0) is 6.92 Å². The number of nitrogens with one attached hydrogen (secondary N) is 1. The van der Waals surface area contributed by atoms with Gasteiger partial charge in [-0.25, -0.2) is 4.98 Å². The monoisotopic (exact) mass is 229 g/mol. The van der Waals surface area contributed by atoms with E-state index in [1.165, 1.54) is 11.5 Å².